The molecule has 0 aliphatic carbocycles. The van der Waals surface area contributed by atoms with Gasteiger partial charge in [0.15, 0.2) is 5.76 Å². The molecular weight excluding hydrogens is 382 g/mol. The number of halogens is 1. The summed E-state index contributed by atoms with van der Waals surface area (Å²) in [6.07, 6.45) is 3.59. The number of nitrogens with zero attached hydrogens (tertiary/aromatic N) is 2. The molecule has 2 aromatic heterocycles. The van der Waals surface area contributed by atoms with Gasteiger partial charge in [-0.3, -0.25) is 4.79 Å². The van der Waals surface area contributed by atoms with E-state index in [4.69, 9.17) is 16.0 Å². The maximum Gasteiger partial charge on any atom is 0.289 e. The maximum absolute atomic E-state index is 12.4. The number of furan rings is 1. The monoisotopic (exact) mass is 402 g/mol. The van der Waals surface area contributed by atoms with Crippen molar-refractivity contribution in [2.75, 3.05) is 32.4 Å². The van der Waals surface area contributed by atoms with E-state index in [0.29, 0.717) is 24.0 Å². The molecule has 0 spiro atoms. The molecule has 0 bridgehead atoms. The summed E-state index contributed by atoms with van der Waals surface area (Å²) in [7, 11) is 0. The lowest BCUT2D eigenvalue weighted by molar-refractivity contribution is -0.917. The predicted octanol–water partition coefficient (Wildman–Crippen LogP) is 2.74. The lowest BCUT2D eigenvalue weighted by atomic mass is 10.1. The number of hydrogen-bond acceptors (Lipinski definition) is 4. The Balaban J connectivity index is 1.43. The number of rotatable bonds is 4. The average Bonchev–Trinajstić information content (AvgIpc) is 3.23. The van der Waals surface area contributed by atoms with Crippen LogP contribution in [0.25, 0.3) is 10.9 Å². The Labute approximate surface area is 167 Å². The van der Waals surface area contributed by atoms with Crippen molar-refractivity contribution in [1.29, 1.82) is 0 Å². The van der Waals surface area contributed by atoms with E-state index in [2.05, 4.69) is 35.5 Å². The molecule has 140 valence electrons. The molecule has 0 unspecified atom stereocenters. The van der Waals surface area contributed by atoms with Gasteiger partial charge in [0.1, 0.15) is 11.7 Å². The summed E-state index contributed by atoms with van der Waals surface area (Å²) >= 11 is 8.15. The summed E-state index contributed by atoms with van der Waals surface area (Å²) in [5.41, 5.74) is 1.99. The Morgan fingerprint density at radius 3 is 2.81 bits per heavy atom. The molecule has 1 aromatic carbocycles. The van der Waals surface area contributed by atoms with Gasteiger partial charge in [-0.1, -0.05) is 17.7 Å². The quantitative estimate of drug-likeness (QED) is 0.538. The van der Waals surface area contributed by atoms with Gasteiger partial charge in [0.2, 0.25) is 0 Å². The molecule has 1 N–H and O–H groups in total. The van der Waals surface area contributed by atoms with Gasteiger partial charge in [0.05, 0.1) is 38.0 Å². The van der Waals surface area contributed by atoms with Crippen LogP contribution in [-0.2, 0) is 6.54 Å². The van der Waals surface area contributed by atoms with Crippen molar-refractivity contribution in [1.82, 2.24) is 9.88 Å². The van der Waals surface area contributed by atoms with E-state index >= 15 is 0 Å². The van der Waals surface area contributed by atoms with E-state index < -0.39 is 0 Å². The molecule has 1 aliphatic heterocycles. The first-order valence-electron chi connectivity index (χ1n) is 8.93. The van der Waals surface area contributed by atoms with Gasteiger partial charge in [0, 0.05) is 15.8 Å². The normalized spacial score (nSPS) is 15.4. The Kier molecular flexibility index (Phi) is 5.38. The summed E-state index contributed by atoms with van der Waals surface area (Å²) in [4.78, 5) is 21.4. The van der Waals surface area contributed by atoms with Crippen LogP contribution in [0, 0.1) is 0 Å². The number of amides is 1. The molecule has 1 aliphatic rings. The topological polar surface area (TPSA) is 50.8 Å². The fourth-order valence-corrected chi connectivity index (χ4v) is 4.09. The standard InChI is InChI=1S/C20H20ClN3O2S/c1-27-16-5-4-14-11-15(19(21)22-17(14)12-16)13-23-6-8-24(9-7-23)20(25)18-3-2-10-26-18/h2-5,10-12H,6-9,13H2,1H3/p+1. The molecule has 0 radical (unpaired) electrons. The van der Waals surface area contributed by atoms with Crippen LogP contribution >= 0.6 is 23.4 Å². The van der Waals surface area contributed by atoms with Crippen LogP contribution in [0.2, 0.25) is 5.15 Å². The number of aromatic nitrogens is 1. The molecule has 4 rings (SSSR count). The Bertz CT molecular complexity index is 953. The second-order valence-corrected chi connectivity index (χ2v) is 7.93. The minimum atomic E-state index is -0.0333. The number of quaternary nitrogens is 1. The molecular formula is C20H21ClN3O2S+. The summed E-state index contributed by atoms with van der Waals surface area (Å²) < 4.78 is 5.22. The zero-order valence-corrected chi connectivity index (χ0v) is 16.6. The van der Waals surface area contributed by atoms with Crippen LogP contribution in [0.15, 0.2) is 52.0 Å². The van der Waals surface area contributed by atoms with Crippen LogP contribution in [0.4, 0.5) is 0 Å². The number of hydrogen-bond donors (Lipinski definition) is 1. The maximum atomic E-state index is 12.4. The predicted molar refractivity (Wildman–Crippen MR) is 108 cm³/mol. The third-order valence-corrected chi connectivity index (χ3v) is 6.03. The molecule has 1 fully saturated rings. The van der Waals surface area contributed by atoms with Gasteiger partial charge in [-0.2, -0.15) is 0 Å². The summed E-state index contributed by atoms with van der Waals surface area (Å²) in [6.45, 7) is 4.00. The molecule has 1 saturated heterocycles. The minimum Gasteiger partial charge on any atom is -0.459 e. The first-order chi connectivity index (χ1) is 13.1. The number of nitrogens with one attached hydrogen (secondary N) is 1. The highest BCUT2D eigenvalue weighted by atomic mass is 35.5. The zero-order valence-electron chi connectivity index (χ0n) is 15.1. The van der Waals surface area contributed by atoms with E-state index in [0.717, 1.165) is 36.1 Å². The number of piperazine rings is 1. The second kappa shape index (κ2) is 7.92. The summed E-state index contributed by atoms with van der Waals surface area (Å²) in [5.74, 6) is 0.374. The Hall–Kier alpha value is -2.02. The highest BCUT2D eigenvalue weighted by Gasteiger charge is 2.26. The first kappa shape index (κ1) is 18.3. The number of fused-ring (bicyclic) bond motifs is 1. The Morgan fingerprint density at radius 1 is 1.30 bits per heavy atom. The van der Waals surface area contributed by atoms with Gasteiger partial charge in [-0.15, -0.1) is 11.8 Å². The van der Waals surface area contributed by atoms with Gasteiger partial charge in [-0.25, -0.2) is 4.98 Å². The summed E-state index contributed by atoms with van der Waals surface area (Å²) in [6, 6.07) is 11.9. The number of thioether (sulfide) groups is 1. The van der Waals surface area contributed by atoms with Crippen LogP contribution in [0.5, 0.6) is 0 Å². The first-order valence-corrected chi connectivity index (χ1v) is 10.5. The van der Waals surface area contributed by atoms with E-state index in [1.54, 1.807) is 23.9 Å². The highest BCUT2D eigenvalue weighted by molar-refractivity contribution is 7.98. The number of benzene rings is 1. The van der Waals surface area contributed by atoms with Gasteiger partial charge >= 0.3 is 0 Å². The molecule has 3 heterocycles. The molecule has 5 nitrogen and oxygen atoms in total. The van der Waals surface area contributed by atoms with Crippen molar-refractivity contribution in [3.8, 4) is 0 Å². The lowest BCUT2D eigenvalue weighted by Crippen LogP contribution is -3.13. The zero-order chi connectivity index (χ0) is 18.8. The molecule has 1 amide bonds. The second-order valence-electron chi connectivity index (χ2n) is 6.69. The number of carbonyl (C=O) groups excluding carboxylic acids is 1. The largest absolute Gasteiger partial charge is 0.459 e. The van der Waals surface area contributed by atoms with Crippen LogP contribution < -0.4 is 4.90 Å². The van der Waals surface area contributed by atoms with E-state index in [1.165, 1.54) is 16.1 Å². The van der Waals surface area contributed by atoms with E-state index in [9.17, 15) is 4.79 Å². The SMILES string of the molecule is CSc1ccc2cc(C[NH+]3CCN(C(=O)c4ccco4)CC3)c(Cl)nc2c1. The minimum absolute atomic E-state index is 0.0333. The van der Waals surface area contributed by atoms with E-state index in [-0.39, 0.29) is 5.91 Å². The molecule has 27 heavy (non-hydrogen) atoms. The molecule has 7 heteroatoms. The van der Waals surface area contributed by atoms with Crippen molar-refractivity contribution in [2.45, 2.75) is 11.4 Å². The fourth-order valence-electron chi connectivity index (χ4n) is 3.45. The van der Waals surface area contributed by atoms with Crippen LogP contribution in [0.1, 0.15) is 16.1 Å². The molecule has 0 atom stereocenters. The Morgan fingerprint density at radius 2 is 2.11 bits per heavy atom. The fraction of sp³-hybridized carbons (Fsp3) is 0.300. The van der Waals surface area contributed by atoms with Gasteiger partial charge in [-0.05, 0) is 36.6 Å². The van der Waals surface area contributed by atoms with Crippen molar-refractivity contribution in [3.05, 3.63) is 59.1 Å². The lowest BCUT2D eigenvalue weighted by Gasteiger charge is -2.31. The molecule has 0 saturated carbocycles. The number of pyridine rings is 1. The van der Waals surface area contributed by atoms with Crippen molar-refractivity contribution in [2.24, 2.45) is 0 Å². The third kappa shape index (κ3) is 3.98. The van der Waals surface area contributed by atoms with Gasteiger partial charge < -0.3 is 14.2 Å². The van der Waals surface area contributed by atoms with E-state index in [1.807, 2.05) is 4.90 Å². The van der Waals surface area contributed by atoms with Crippen molar-refractivity contribution < 1.29 is 14.1 Å². The average molecular weight is 403 g/mol. The van der Waals surface area contributed by atoms with Crippen molar-refractivity contribution >= 4 is 40.2 Å². The number of carbonyl (C=O) groups is 1. The summed E-state index contributed by atoms with van der Waals surface area (Å²) in [5, 5.41) is 1.68. The van der Waals surface area contributed by atoms with Crippen molar-refractivity contribution in [3.63, 3.8) is 0 Å². The van der Waals surface area contributed by atoms with Gasteiger partial charge in [0.25, 0.3) is 5.91 Å². The van der Waals surface area contributed by atoms with Crippen LogP contribution in [0.3, 0.4) is 0 Å². The third-order valence-electron chi connectivity index (χ3n) is 4.98. The van der Waals surface area contributed by atoms with Crippen LogP contribution in [-0.4, -0.2) is 48.2 Å². The smallest absolute Gasteiger partial charge is 0.289 e. The highest BCUT2D eigenvalue weighted by Crippen LogP contribution is 2.24. The molecule has 3 aromatic rings.